The molecule has 0 amide bonds. The Labute approximate surface area is 113 Å². The average Bonchev–Trinajstić information content (AvgIpc) is 2.34. The molecule has 0 spiro atoms. The molecule has 0 saturated carbocycles. The number of hydrogen-bond acceptors (Lipinski definition) is 0. The molecule has 0 radical (unpaired) electrons. The molecule has 1 atom stereocenters. The van der Waals surface area contributed by atoms with Crippen LogP contribution in [0.25, 0.3) is 0 Å². The van der Waals surface area contributed by atoms with Gasteiger partial charge in [-0.05, 0) is 30.4 Å². The van der Waals surface area contributed by atoms with Gasteiger partial charge in [-0.15, -0.1) is 0 Å². The molecule has 1 aromatic rings. The predicted octanol–water partition coefficient (Wildman–Crippen LogP) is 5.66. The number of rotatable bonds is 8. The normalized spacial score (nSPS) is 12.6. The zero-order chi connectivity index (χ0) is 12.5. The van der Waals surface area contributed by atoms with Crippen LogP contribution in [0.5, 0.6) is 0 Å². The minimum absolute atomic E-state index is 0.0562. The molecule has 0 aromatic heterocycles. The van der Waals surface area contributed by atoms with Gasteiger partial charge in [0.2, 0.25) is 0 Å². The van der Waals surface area contributed by atoms with Crippen molar-refractivity contribution >= 4 is 15.9 Å². The first-order valence-electron chi connectivity index (χ1n) is 6.56. The highest BCUT2D eigenvalue weighted by Crippen LogP contribution is 2.24. The monoisotopic (exact) mass is 300 g/mol. The van der Waals surface area contributed by atoms with Gasteiger partial charge in [-0.25, -0.2) is 4.39 Å². The van der Waals surface area contributed by atoms with Crippen molar-refractivity contribution in [3.05, 3.63) is 35.6 Å². The molecule has 0 bridgehead atoms. The first-order chi connectivity index (χ1) is 8.25. The Morgan fingerprint density at radius 1 is 1.06 bits per heavy atom. The third-order valence-corrected chi connectivity index (χ3v) is 3.77. The lowest BCUT2D eigenvalue weighted by Crippen LogP contribution is -1.97. The van der Waals surface area contributed by atoms with Gasteiger partial charge in [0.25, 0.3) is 0 Å². The highest BCUT2D eigenvalue weighted by atomic mass is 79.9. The fourth-order valence-electron chi connectivity index (χ4n) is 2.11. The van der Waals surface area contributed by atoms with Crippen LogP contribution in [0.2, 0.25) is 0 Å². The van der Waals surface area contributed by atoms with E-state index >= 15 is 0 Å². The van der Waals surface area contributed by atoms with Crippen molar-refractivity contribution in [2.24, 2.45) is 0 Å². The van der Waals surface area contributed by atoms with Crippen LogP contribution in [-0.4, -0.2) is 5.33 Å². The highest BCUT2D eigenvalue weighted by molar-refractivity contribution is 9.09. The second kappa shape index (κ2) is 8.68. The fourth-order valence-corrected chi connectivity index (χ4v) is 2.50. The first kappa shape index (κ1) is 14.7. The van der Waals surface area contributed by atoms with E-state index in [0.29, 0.717) is 5.92 Å². The molecule has 1 aromatic carbocycles. The second-order valence-corrected chi connectivity index (χ2v) is 5.46. The van der Waals surface area contributed by atoms with Crippen molar-refractivity contribution in [2.45, 2.75) is 51.4 Å². The van der Waals surface area contributed by atoms with Gasteiger partial charge in [-0.3, -0.25) is 0 Å². The summed E-state index contributed by atoms with van der Waals surface area (Å²) in [5, 5.41) is 1.11. The zero-order valence-electron chi connectivity index (χ0n) is 10.6. The first-order valence-corrected chi connectivity index (χ1v) is 7.68. The van der Waals surface area contributed by atoms with Crippen molar-refractivity contribution in [1.82, 2.24) is 0 Å². The van der Waals surface area contributed by atoms with Gasteiger partial charge in [0.1, 0.15) is 5.82 Å². The van der Waals surface area contributed by atoms with Crippen molar-refractivity contribution < 1.29 is 4.39 Å². The molecule has 1 unspecified atom stereocenters. The van der Waals surface area contributed by atoms with E-state index < -0.39 is 0 Å². The summed E-state index contributed by atoms with van der Waals surface area (Å²) in [6.45, 7) is 2.12. The summed E-state index contributed by atoms with van der Waals surface area (Å²) < 4.78 is 13.5. The summed E-state index contributed by atoms with van der Waals surface area (Å²) in [7, 11) is 0. The zero-order valence-corrected chi connectivity index (χ0v) is 12.2. The molecule has 0 fully saturated rings. The minimum atomic E-state index is -0.0562. The van der Waals surface area contributed by atoms with E-state index in [2.05, 4.69) is 22.9 Å². The smallest absolute Gasteiger partial charge is 0.126 e. The fraction of sp³-hybridized carbons (Fsp3) is 0.600. The maximum Gasteiger partial charge on any atom is 0.126 e. The molecule has 0 aliphatic carbocycles. The van der Waals surface area contributed by atoms with E-state index in [-0.39, 0.29) is 5.82 Å². The maximum atomic E-state index is 13.5. The van der Waals surface area contributed by atoms with Crippen LogP contribution in [0, 0.1) is 5.82 Å². The van der Waals surface area contributed by atoms with E-state index in [1.165, 1.54) is 32.1 Å². The molecule has 0 aliphatic rings. The molecular weight excluding hydrogens is 279 g/mol. The number of hydrogen-bond donors (Lipinski definition) is 0. The third kappa shape index (κ3) is 5.67. The SMILES string of the molecule is CC(CCCCCCCBr)c1ccccc1F. The number of benzene rings is 1. The van der Waals surface area contributed by atoms with E-state index in [1.807, 2.05) is 12.1 Å². The second-order valence-electron chi connectivity index (χ2n) is 4.67. The van der Waals surface area contributed by atoms with Gasteiger partial charge in [-0.2, -0.15) is 0 Å². The van der Waals surface area contributed by atoms with Crippen LogP contribution >= 0.6 is 15.9 Å². The molecule has 0 N–H and O–H groups in total. The maximum absolute atomic E-state index is 13.5. The molecule has 17 heavy (non-hydrogen) atoms. The van der Waals surface area contributed by atoms with Gasteiger partial charge in [0.15, 0.2) is 0 Å². The molecule has 0 nitrogen and oxygen atoms in total. The molecule has 2 heteroatoms. The number of halogens is 2. The standard InChI is InChI=1S/C15H22BrF/c1-13(9-5-3-2-4-8-12-16)14-10-6-7-11-15(14)17/h6-7,10-11,13H,2-5,8-9,12H2,1H3. The summed E-state index contributed by atoms with van der Waals surface area (Å²) in [5.41, 5.74) is 0.868. The van der Waals surface area contributed by atoms with Gasteiger partial charge < -0.3 is 0 Å². The summed E-state index contributed by atoms with van der Waals surface area (Å²) in [6.07, 6.45) is 7.44. The quantitative estimate of drug-likeness (QED) is 0.429. The summed E-state index contributed by atoms with van der Waals surface area (Å²) in [4.78, 5) is 0. The van der Waals surface area contributed by atoms with Crippen molar-refractivity contribution in [3.8, 4) is 0 Å². The van der Waals surface area contributed by atoms with Crippen LogP contribution < -0.4 is 0 Å². The topological polar surface area (TPSA) is 0 Å². The average molecular weight is 301 g/mol. The molecule has 96 valence electrons. The van der Waals surface area contributed by atoms with Crippen molar-refractivity contribution in [3.63, 3.8) is 0 Å². The van der Waals surface area contributed by atoms with Crippen LogP contribution in [0.3, 0.4) is 0 Å². The van der Waals surface area contributed by atoms with E-state index in [4.69, 9.17) is 0 Å². The van der Waals surface area contributed by atoms with E-state index in [0.717, 1.165) is 17.3 Å². The molecule has 1 rings (SSSR count). The van der Waals surface area contributed by atoms with Gasteiger partial charge in [0, 0.05) is 5.33 Å². The molecule has 0 saturated heterocycles. The summed E-state index contributed by atoms with van der Waals surface area (Å²) in [5.74, 6) is 0.284. The van der Waals surface area contributed by atoms with Gasteiger partial charge in [0.05, 0.1) is 0 Å². The Morgan fingerprint density at radius 2 is 1.71 bits per heavy atom. The Morgan fingerprint density at radius 3 is 2.41 bits per heavy atom. The van der Waals surface area contributed by atoms with Crippen LogP contribution in [0.4, 0.5) is 4.39 Å². The van der Waals surface area contributed by atoms with Gasteiger partial charge >= 0.3 is 0 Å². The summed E-state index contributed by atoms with van der Waals surface area (Å²) in [6, 6.07) is 7.14. The lowest BCUT2D eigenvalue weighted by atomic mass is 9.94. The largest absolute Gasteiger partial charge is 0.207 e. The lowest BCUT2D eigenvalue weighted by molar-refractivity contribution is 0.539. The lowest BCUT2D eigenvalue weighted by Gasteiger charge is -2.12. The third-order valence-electron chi connectivity index (χ3n) is 3.21. The Hall–Kier alpha value is -0.370. The molecule has 0 aliphatic heterocycles. The van der Waals surface area contributed by atoms with Crippen molar-refractivity contribution in [2.75, 3.05) is 5.33 Å². The Bertz CT molecular complexity index is 312. The number of alkyl halides is 1. The number of unbranched alkanes of at least 4 members (excludes halogenated alkanes) is 4. The van der Waals surface area contributed by atoms with E-state index in [1.54, 1.807) is 12.1 Å². The van der Waals surface area contributed by atoms with Crippen LogP contribution in [-0.2, 0) is 0 Å². The highest BCUT2D eigenvalue weighted by Gasteiger charge is 2.09. The minimum Gasteiger partial charge on any atom is -0.207 e. The van der Waals surface area contributed by atoms with Crippen molar-refractivity contribution in [1.29, 1.82) is 0 Å². The Balaban J connectivity index is 2.21. The molecule has 0 heterocycles. The van der Waals surface area contributed by atoms with Gasteiger partial charge in [-0.1, -0.05) is 66.7 Å². The van der Waals surface area contributed by atoms with E-state index in [9.17, 15) is 4.39 Å². The summed E-state index contributed by atoms with van der Waals surface area (Å²) >= 11 is 3.44. The van der Waals surface area contributed by atoms with Crippen LogP contribution in [0.1, 0.15) is 56.9 Å². The predicted molar refractivity (Wildman–Crippen MR) is 76.3 cm³/mol. The Kier molecular flexibility index (Phi) is 7.50. The molecular formula is C15H22BrF. The van der Waals surface area contributed by atoms with Crippen LogP contribution in [0.15, 0.2) is 24.3 Å².